The molecular formula is C21H22N8O2S. The van der Waals surface area contributed by atoms with Crippen molar-refractivity contribution in [3.63, 3.8) is 0 Å². The fourth-order valence-electron chi connectivity index (χ4n) is 4.21. The van der Waals surface area contributed by atoms with Crippen LogP contribution < -0.4 is 10.2 Å². The number of aromatic nitrogens is 6. The fraction of sp³-hybridized carbons (Fsp3) is 0.381. The first-order valence-corrected chi connectivity index (χ1v) is 11.6. The minimum Gasteiger partial charge on any atom is -0.391 e. The van der Waals surface area contributed by atoms with Crippen molar-refractivity contribution in [2.45, 2.75) is 43.7 Å². The number of rotatable bonds is 7. The Morgan fingerprint density at radius 1 is 1.38 bits per heavy atom. The van der Waals surface area contributed by atoms with E-state index in [2.05, 4.69) is 25.6 Å². The number of anilines is 3. The van der Waals surface area contributed by atoms with Crippen molar-refractivity contribution >= 4 is 40.2 Å². The highest BCUT2D eigenvalue weighted by molar-refractivity contribution is 7.09. The predicted octanol–water partition coefficient (Wildman–Crippen LogP) is 2.28. The summed E-state index contributed by atoms with van der Waals surface area (Å²) in [4.78, 5) is 23.8. The molecule has 1 aliphatic heterocycles. The molecule has 0 aromatic carbocycles. The average Bonchev–Trinajstić information content (AvgIpc) is 3.21. The SMILES string of the molecule is O=C(Cc1nccs1)[C@@H]1C[C@@H](O)CN1c1nc(Nc2cc(C3CC3)[nH]n2)c2cccn2n1. The summed E-state index contributed by atoms with van der Waals surface area (Å²) < 4.78 is 1.73. The Hall–Kier alpha value is -3.31. The van der Waals surface area contributed by atoms with E-state index >= 15 is 0 Å². The summed E-state index contributed by atoms with van der Waals surface area (Å²) in [6.45, 7) is 0.300. The number of fused-ring (bicyclic) bond motifs is 1. The van der Waals surface area contributed by atoms with Gasteiger partial charge in [0.15, 0.2) is 17.4 Å². The highest BCUT2D eigenvalue weighted by Crippen LogP contribution is 2.39. The monoisotopic (exact) mass is 450 g/mol. The second-order valence-corrected chi connectivity index (χ2v) is 9.31. The van der Waals surface area contributed by atoms with Crippen molar-refractivity contribution in [1.82, 2.24) is 29.8 Å². The number of aliphatic hydroxyl groups excluding tert-OH is 1. The lowest BCUT2D eigenvalue weighted by Crippen LogP contribution is -2.38. The van der Waals surface area contributed by atoms with Crippen molar-refractivity contribution in [3.8, 4) is 0 Å². The summed E-state index contributed by atoms with van der Waals surface area (Å²) in [6, 6.07) is 5.33. The highest BCUT2D eigenvalue weighted by atomic mass is 32.1. The smallest absolute Gasteiger partial charge is 0.246 e. The summed E-state index contributed by atoms with van der Waals surface area (Å²) in [7, 11) is 0. The van der Waals surface area contributed by atoms with Crippen LogP contribution in [0.4, 0.5) is 17.6 Å². The molecule has 0 spiro atoms. The number of carbonyl (C=O) groups excluding carboxylic acids is 1. The first kappa shape index (κ1) is 19.4. The van der Waals surface area contributed by atoms with Gasteiger partial charge >= 0.3 is 0 Å². The molecule has 3 N–H and O–H groups in total. The Morgan fingerprint density at radius 2 is 2.28 bits per heavy atom. The van der Waals surface area contributed by atoms with Crippen LogP contribution in [-0.4, -0.2) is 59.4 Å². The molecule has 11 heteroatoms. The Labute approximate surface area is 187 Å². The van der Waals surface area contributed by atoms with Crippen molar-refractivity contribution in [2.75, 3.05) is 16.8 Å². The number of thiazole rings is 1. The molecule has 0 radical (unpaired) electrons. The molecule has 5 heterocycles. The van der Waals surface area contributed by atoms with Crippen LogP contribution in [-0.2, 0) is 11.2 Å². The van der Waals surface area contributed by atoms with Crippen LogP contribution in [0, 0.1) is 0 Å². The number of aliphatic hydroxyl groups is 1. The molecule has 1 saturated heterocycles. The summed E-state index contributed by atoms with van der Waals surface area (Å²) in [6.07, 6.45) is 5.88. The number of β-amino-alcohol motifs (C(OH)–C–C–N with tert-alkyl or cyclic N) is 1. The maximum absolute atomic E-state index is 13.0. The minimum absolute atomic E-state index is 0.00332. The van der Waals surface area contributed by atoms with E-state index < -0.39 is 12.1 Å². The van der Waals surface area contributed by atoms with Gasteiger partial charge in [-0.15, -0.1) is 16.4 Å². The molecular weight excluding hydrogens is 428 g/mol. The summed E-state index contributed by atoms with van der Waals surface area (Å²) in [5.41, 5.74) is 1.93. The molecule has 0 amide bonds. The largest absolute Gasteiger partial charge is 0.391 e. The van der Waals surface area contributed by atoms with Crippen molar-refractivity contribution in [2.24, 2.45) is 0 Å². The maximum atomic E-state index is 13.0. The van der Waals surface area contributed by atoms with Gasteiger partial charge in [0, 0.05) is 48.4 Å². The third kappa shape index (κ3) is 3.63. The third-order valence-corrected chi connectivity index (χ3v) is 6.74. The van der Waals surface area contributed by atoms with Crippen LogP contribution in [0.5, 0.6) is 0 Å². The lowest BCUT2D eigenvalue weighted by atomic mass is 10.1. The number of nitrogens with zero attached hydrogens (tertiary/aromatic N) is 6. The van der Waals surface area contributed by atoms with Gasteiger partial charge in [-0.25, -0.2) is 9.50 Å². The molecule has 164 valence electrons. The van der Waals surface area contributed by atoms with Crippen LogP contribution in [0.1, 0.15) is 35.9 Å². The van der Waals surface area contributed by atoms with E-state index in [1.807, 2.05) is 29.8 Å². The minimum atomic E-state index is -0.618. The number of H-pyrrole nitrogens is 1. The van der Waals surface area contributed by atoms with Gasteiger partial charge in [0.05, 0.1) is 23.6 Å². The van der Waals surface area contributed by atoms with E-state index in [0.717, 1.165) is 16.2 Å². The first-order chi connectivity index (χ1) is 15.6. The highest BCUT2D eigenvalue weighted by Gasteiger charge is 2.38. The zero-order chi connectivity index (χ0) is 21.7. The summed E-state index contributed by atoms with van der Waals surface area (Å²) in [5, 5.41) is 28.3. The van der Waals surface area contributed by atoms with Crippen molar-refractivity contribution in [1.29, 1.82) is 0 Å². The fourth-order valence-corrected chi connectivity index (χ4v) is 4.84. The first-order valence-electron chi connectivity index (χ1n) is 10.7. The van der Waals surface area contributed by atoms with Crippen LogP contribution in [0.2, 0.25) is 0 Å². The van der Waals surface area contributed by atoms with Gasteiger partial charge in [0.1, 0.15) is 5.52 Å². The Kier molecular flexibility index (Phi) is 4.65. The second kappa shape index (κ2) is 7.68. The Morgan fingerprint density at radius 3 is 3.09 bits per heavy atom. The molecule has 32 heavy (non-hydrogen) atoms. The van der Waals surface area contributed by atoms with E-state index in [0.29, 0.717) is 36.5 Å². The van der Waals surface area contributed by atoms with Gasteiger partial charge in [-0.05, 0) is 25.0 Å². The molecule has 6 rings (SSSR count). The number of ketones is 1. The number of Topliss-reactive ketones (excluding diaryl/α,β-unsaturated/α-hetero) is 1. The van der Waals surface area contributed by atoms with Crippen LogP contribution >= 0.6 is 11.3 Å². The van der Waals surface area contributed by atoms with Crippen molar-refractivity contribution in [3.05, 3.63) is 46.7 Å². The van der Waals surface area contributed by atoms with Gasteiger partial charge in [0.25, 0.3) is 0 Å². The number of hydrogen-bond donors (Lipinski definition) is 3. The molecule has 4 aromatic rings. The Bertz CT molecular complexity index is 1260. The van der Waals surface area contributed by atoms with Gasteiger partial charge < -0.3 is 15.3 Å². The molecule has 2 atom stereocenters. The molecule has 0 bridgehead atoms. The number of hydrogen-bond acceptors (Lipinski definition) is 9. The molecule has 4 aromatic heterocycles. The third-order valence-electron chi connectivity index (χ3n) is 5.96. The zero-order valence-corrected chi connectivity index (χ0v) is 18.0. The molecule has 1 aliphatic carbocycles. The van der Waals surface area contributed by atoms with Gasteiger partial charge in [-0.2, -0.15) is 10.1 Å². The zero-order valence-electron chi connectivity index (χ0n) is 17.2. The number of aromatic amines is 1. The quantitative estimate of drug-likeness (QED) is 0.392. The normalized spacial score (nSPS) is 20.8. The van der Waals surface area contributed by atoms with Crippen LogP contribution in [0.25, 0.3) is 5.52 Å². The van der Waals surface area contributed by atoms with Crippen LogP contribution in [0.15, 0.2) is 36.0 Å². The van der Waals surface area contributed by atoms with Gasteiger partial charge in [0.2, 0.25) is 5.95 Å². The molecule has 0 unspecified atom stereocenters. The van der Waals surface area contributed by atoms with E-state index in [9.17, 15) is 9.90 Å². The maximum Gasteiger partial charge on any atom is 0.246 e. The standard InChI is InChI=1S/C21H22N8O2S/c30-13-8-16(17(31)10-19-22-5-7-32-19)28(11-13)21-24-20(15-2-1-6-29(15)27-21)23-18-9-14(25-26-18)12-3-4-12/h1-2,5-7,9,12-13,16,30H,3-4,8,10-11H2,(H2,23,24,25,26,27)/t13-,16+/m1/s1. The average molecular weight is 451 g/mol. The van der Waals surface area contributed by atoms with E-state index in [1.165, 1.54) is 24.2 Å². The second-order valence-electron chi connectivity index (χ2n) is 8.33. The molecule has 2 fully saturated rings. The topological polar surface area (TPSA) is 124 Å². The predicted molar refractivity (Wildman–Crippen MR) is 119 cm³/mol. The van der Waals surface area contributed by atoms with E-state index in [4.69, 9.17) is 4.98 Å². The molecule has 10 nitrogen and oxygen atoms in total. The van der Waals surface area contributed by atoms with Gasteiger partial charge in [-0.1, -0.05) is 0 Å². The van der Waals surface area contributed by atoms with E-state index in [-0.39, 0.29) is 12.2 Å². The van der Waals surface area contributed by atoms with Crippen LogP contribution in [0.3, 0.4) is 0 Å². The lowest BCUT2D eigenvalue weighted by molar-refractivity contribution is -0.119. The summed E-state index contributed by atoms with van der Waals surface area (Å²) >= 11 is 1.45. The molecule has 1 saturated carbocycles. The Balaban J connectivity index is 1.31. The van der Waals surface area contributed by atoms with Crippen molar-refractivity contribution < 1.29 is 9.90 Å². The van der Waals surface area contributed by atoms with E-state index in [1.54, 1.807) is 15.6 Å². The number of carbonyl (C=O) groups is 1. The molecule has 2 aliphatic rings. The lowest BCUT2D eigenvalue weighted by Gasteiger charge is -2.23. The number of nitrogens with one attached hydrogen (secondary N) is 2. The summed E-state index contributed by atoms with van der Waals surface area (Å²) in [5.74, 6) is 2.26. The van der Waals surface area contributed by atoms with Gasteiger partial charge in [-0.3, -0.25) is 9.89 Å².